The maximum atomic E-state index is 6.24. The summed E-state index contributed by atoms with van der Waals surface area (Å²) < 4.78 is 6.24. The summed E-state index contributed by atoms with van der Waals surface area (Å²) in [5.74, 6) is 2.74. The third-order valence-electron chi connectivity index (χ3n) is 3.54. The van der Waals surface area contributed by atoms with Gasteiger partial charge in [-0.2, -0.15) is 0 Å². The van der Waals surface area contributed by atoms with Gasteiger partial charge in [0.1, 0.15) is 6.10 Å². The molecule has 0 saturated carbocycles. The van der Waals surface area contributed by atoms with Crippen LogP contribution in [0.25, 0.3) is 0 Å². The fourth-order valence-corrected chi connectivity index (χ4v) is 2.58. The van der Waals surface area contributed by atoms with Gasteiger partial charge >= 0.3 is 0 Å². The second-order valence-corrected chi connectivity index (χ2v) is 11.2. The van der Waals surface area contributed by atoms with Gasteiger partial charge in [-0.25, -0.2) is 0 Å². The standard InChI is InChI=1S/C15H21ClOSi/c1-7-14(12-8-10-13(16)11-9-12)17-18(5,6)15(2,3)4/h1,8-11,14H,2-6H3. The number of rotatable bonds is 3. The lowest BCUT2D eigenvalue weighted by Gasteiger charge is -2.38. The smallest absolute Gasteiger partial charge is 0.194 e. The van der Waals surface area contributed by atoms with Gasteiger partial charge < -0.3 is 4.43 Å². The van der Waals surface area contributed by atoms with Crippen molar-refractivity contribution in [1.29, 1.82) is 0 Å². The van der Waals surface area contributed by atoms with Gasteiger partial charge in [-0.3, -0.25) is 0 Å². The van der Waals surface area contributed by atoms with Gasteiger partial charge in [-0.15, -0.1) is 6.42 Å². The Morgan fingerprint density at radius 2 is 1.72 bits per heavy atom. The van der Waals surface area contributed by atoms with Gasteiger partial charge in [-0.1, -0.05) is 50.4 Å². The van der Waals surface area contributed by atoms with Gasteiger partial charge in [0.2, 0.25) is 0 Å². The third-order valence-corrected chi connectivity index (χ3v) is 8.23. The van der Waals surface area contributed by atoms with Crippen molar-refractivity contribution in [3.05, 3.63) is 34.9 Å². The number of hydrogen-bond acceptors (Lipinski definition) is 1. The molecular formula is C15H21ClOSi. The molecule has 0 heterocycles. The van der Waals surface area contributed by atoms with Gasteiger partial charge in [0.15, 0.2) is 8.32 Å². The molecule has 1 rings (SSSR count). The first kappa shape index (κ1) is 15.3. The summed E-state index contributed by atoms with van der Waals surface area (Å²) >= 11 is 5.88. The average molecular weight is 281 g/mol. The summed E-state index contributed by atoms with van der Waals surface area (Å²) in [6.45, 7) is 11.0. The summed E-state index contributed by atoms with van der Waals surface area (Å²) in [6, 6.07) is 7.55. The lowest BCUT2D eigenvalue weighted by Crippen LogP contribution is -2.41. The molecule has 0 aliphatic carbocycles. The maximum absolute atomic E-state index is 6.24. The molecule has 0 aliphatic rings. The highest BCUT2D eigenvalue weighted by molar-refractivity contribution is 6.74. The summed E-state index contributed by atoms with van der Waals surface area (Å²) in [7, 11) is -1.86. The van der Waals surface area contributed by atoms with E-state index in [2.05, 4.69) is 39.8 Å². The van der Waals surface area contributed by atoms with Crippen LogP contribution in [-0.2, 0) is 4.43 Å². The van der Waals surface area contributed by atoms with Crippen LogP contribution in [0, 0.1) is 12.3 Å². The van der Waals surface area contributed by atoms with Gasteiger partial charge in [0, 0.05) is 5.02 Å². The van der Waals surface area contributed by atoms with Crippen LogP contribution in [-0.4, -0.2) is 8.32 Å². The summed E-state index contributed by atoms with van der Waals surface area (Å²) in [5.41, 5.74) is 0.992. The zero-order chi connectivity index (χ0) is 14.0. The van der Waals surface area contributed by atoms with Crippen LogP contribution in [0.15, 0.2) is 24.3 Å². The molecule has 0 aliphatic heterocycles. The predicted octanol–water partition coefficient (Wildman–Crippen LogP) is 5.04. The molecule has 1 nitrogen and oxygen atoms in total. The van der Waals surface area contributed by atoms with Crippen molar-refractivity contribution < 1.29 is 4.43 Å². The van der Waals surface area contributed by atoms with Crippen molar-refractivity contribution in [3.8, 4) is 12.3 Å². The Hall–Kier alpha value is -0.753. The van der Waals surface area contributed by atoms with E-state index in [0.717, 1.165) is 5.56 Å². The molecule has 0 radical (unpaired) electrons. The second-order valence-electron chi connectivity index (χ2n) is 5.98. The lowest BCUT2D eigenvalue weighted by atomic mass is 10.1. The van der Waals surface area contributed by atoms with E-state index in [1.807, 2.05) is 24.3 Å². The van der Waals surface area contributed by atoms with Crippen molar-refractivity contribution in [2.24, 2.45) is 0 Å². The minimum Gasteiger partial charge on any atom is -0.399 e. The van der Waals surface area contributed by atoms with Gasteiger partial charge in [0.25, 0.3) is 0 Å². The minimum absolute atomic E-state index is 0.147. The number of terminal acetylenes is 1. The fourth-order valence-electron chi connectivity index (χ4n) is 1.31. The van der Waals surface area contributed by atoms with E-state index in [-0.39, 0.29) is 11.1 Å². The van der Waals surface area contributed by atoms with Crippen LogP contribution < -0.4 is 0 Å². The Morgan fingerprint density at radius 1 is 1.22 bits per heavy atom. The first-order valence-electron chi connectivity index (χ1n) is 6.07. The van der Waals surface area contributed by atoms with Gasteiger partial charge in [-0.05, 0) is 35.8 Å². The normalized spacial score (nSPS) is 14.1. The molecule has 0 aromatic heterocycles. The van der Waals surface area contributed by atoms with E-state index in [4.69, 9.17) is 22.5 Å². The van der Waals surface area contributed by atoms with Crippen molar-refractivity contribution >= 4 is 19.9 Å². The van der Waals surface area contributed by atoms with Crippen molar-refractivity contribution in [2.75, 3.05) is 0 Å². The Balaban J connectivity index is 2.94. The Morgan fingerprint density at radius 3 is 2.11 bits per heavy atom. The number of halogens is 1. The molecule has 1 atom stereocenters. The van der Waals surface area contributed by atoms with E-state index < -0.39 is 8.32 Å². The molecular weight excluding hydrogens is 260 g/mol. The molecule has 3 heteroatoms. The molecule has 0 bridgehead atoms. The van der Waals surface area contributed by atoms with Crippen LogP contribution >= 0.6 is 11.6 Å². The Labute approximate surface area is 117 Å². The first-order valence-corrected chi connectivity index (χ1v) is 9.35. The monoisotopic (exact) mass is 280 g/mol. The SMILES string of the molecule is C#CC(O[Si](C)(C)C(C)(C)C)c1ccc(Cl)cc1. The average Bonchev–Trinajstić information content (AvgIpc) is 2.25. The van der Waals surface area contributed by atoms with E-state index in [0.29, 0.717) is 5.02 Å². The second kappa shape index (κ2) is 5.48. The summed E-state index contributed by atoms with van der Waals surface area (Å²) in [5, 5.41) is 0.857. The van der Waals surface area contributed by atoms with Crippen LogP contribution in [0.5, 0.6) is 0 Å². The van der Waals surface area contributed by atoms with E-state index in [9.17, 15) is 0 Å². The van der Waals surface area contributed by atoms with Gasteiger partial charge in [0.05, 0.1) is 0 Å². The molecule has 0 fully saturated rings. The zero-order valence-electron chi connectivity index (χ0n) is 11.8. The Bertz CT molecular complexity index is 437. The molecule has 18 heavy (non-hydrogen) atoms. The van der Waals surface area contributed by atoms with Crippen molar-refractivity contribution in [3.63, 3.8) is 0 Å². The van der Waals surface area contributed by atoms with Crippen molar-refractivity contribution in [1.82, 2.24) is 0 Å². The third kappa shape index (κ3) is 3.62. The molecule has 0 saturated heterocycles. The maximum Gasteiger partial charge on any atom is 0.194 e. The topological polar surface area (TPSA) is 9.23 Å². The van der Waals surface area contributed by atoms with Crippen LogP contribution in [0.4, 0.5) is 0 Å². The van der Waals surface area contributed by atoms with E-state index in [1.54, 1.807) is 0 Å². The number of benzene rings is 1. The van der Waals surface area contributed by atoms with E-state index in [1.165, 1.54) is 0 Å². The van der Waals surface area contributed by atoms with Crippen LogP contribution in [0.3, 0.4) is 0 Å². The molecule has 1 unspecified atom stereocenters. The fraction of sp³-hybridized carbons (Fsp3) is 0.467. The first-order chi connectivity index (χ1) is 8.17. The van der Waals surface area contributed by atoms with Crippen LogP contribution in [0.1, 0.15) is 32.4 Å². The number of hydrogen-bond donors (Lipinski definition) is 0. The molecule has 0 amide bonds. The van der Waals surface area contributed by atoms with Crippen LogP contribution in [0.2, 0.25) is 23.2 Å². The molecule has 0 spiro atoms. The highest BCUT2D eigenvalue weighted by Crippen LogP contribution is 2.39. The largest absolute Gasteiger partial charge is 0.399 e. The molecule has 1 aromatic carbocycles. The quantitative estimate of drug-likeness (QED) is 0.557. The zero-order valence-corrected chi connectivity index (χ0v) is 13.5. The molecule has 0 N–H and O–H groups in total. The Kier molecular flexibility index (Phi) is 4.66. The summed E-state index contributed by atoms with van der Waals surface area (Å²) in [4.78, 5) is 0. The molecule has 98 valence electrons. The van der Waals surface area contributed by atoms with E-state index >= 15 is 0 Å². The highest BCUT2D eigenvalue weighted by Gasteiger charge is 2.39. The lowest BCUT2D eigenvalue weighted by molar-refractivity contribution is 0.238. The summed E-state index contributed by atoms with van der Waals surface area (Å²) in [6.07, 6.45) is 5.32. The predicted molar refractivity (Wildman–Crippen MR) is 81.3 cm³/mol. The molecule has 1 aromatic rings. The van der Waals surface area contributed by atoms with Crippen molar-refractivity contribution in [2.45, 2.75) is 45.0 Å². The highest BCUT2D eigenvalue weighted by atomic mass is 35.5. The minimum atomic E-state index is -1.86.